The molecule has 2 N–H and O–H groups in total. The lowest BCUT2D eigenvalue weighted by molar-refractivity contribution is 0.113. The Balaban J connectivity index is 2.41. The van der Waals surface area contributed by atoms with E-state index in [-0.39, 0.29) is 6.54 Å². The number of likely N-dealkylation sites (N-methyl/N-ethyl adjacent to an activating group) is 1. The first kappa shape index (κ1) is 19.9. The predicted octanol–water partition coefficient (Wildman–Crippen LogP) is 5.14. The van der Waals surface area contributed by atoms with Crippen LogP contribution >= 0.6 is 35.0 Å². The largest absolute Gasteiger partial charge is 0.465 e. The number of rotatable bonds is 6. The molecule has 2 rings (SSSR count). The van der Waals surface area contributed by atoms with Gasteiger partial charge in [0.2, 0.25) is 0 Å². The second-order valence-electron chi connectivity index (χ2n) is 5.66. The Kier molecular flexibility index (Phi) is 7.02. The van der Waals surface area contributed by atoms with Crippen LogP contribution in [0.25, 0.3) is 0 Å². The first-order chi connectivity index (χ1) is 11.8. The highest BCUT2D eigenvalue weighted by atomic mass is 35.5. The Morgan fingerprint density at radius 1 is 1.16 bits per heavy atom. The van der Waals surface area contributed by atoms with Crippen LogP contribution in [0, 0.1) is 0 Å². The molecule has 0 unspecified atom stereocenters. The summed E-state index contributed by atoms with van der Waals surface area (Å²) in [6.45, 7) is 0.123. The van der Waals surface area contributed by atoms with E-state index in [4.69, 9.17) is 23.2 Å². The summed E-state index contributed by atoms with van der Waals surface area (Å²) in [6, 6.07) is 12.6. The first-order valence-electron chi connectivity index (χ1n) is 7.54. The van der Waals surface area contributed by atoms with Crippen LogP contribution in [-0.2, 0) is 0 Å². The van der Waals surface area contributed by atoms with Crippen molar-refractivity contribution in [2.75, 3.05) is 19.8 Å². The molecule has 1 amide bonds. The molecule has 25 heavy (non-hydrogen) atoms. The van der Waals surface area contributed by atoms with Gasteiger partial charge < -0.3 is 15.1 Å². The molecule has 4 nitrogen and oxygen atoms in total. The van der Waals surface area contributed by atoms with Crippen molar-refractivity contribution in [1.82, 2.24) is 4.90 Å². The van der Waals surface area contributed by atoms with Crippen molar-refractivity contribution in [3.8, 4) is 0 Å². The molecule has 2 aromatic rings. The van der Waals surface area contributed by atoms with Crippen molar-refractivity contribution in [2.24, 2.45) is 0 Å². The normalized spacial score (nSPS) is 13.3. The van der Waals surface area contributed by atoms with E-state index in [1.165, 1.54) is 7.05 Å². The number of benzene rings is 2. The molecule has 0 aromatic heterocycles. The van der Waals surface area contributed by atoms with E-state index in [2.05, 4.69) is 0 Å². The van der Waals surface area contributed by atoms with Crippen LogP contribution in [0.5, 0.6) is 0 Å². The Morgan fingerprint density at radius 3 is 2.48 bits per heavy atom. The van der Waals surface area contributed by atoms with E-state index in [1.54, 1.807) is 30.0 Å². The van der Waals surface area contributed by atoms with E-state index in [1.807, 2.05) is 30.5 Å². The summed E-state index contributed by atoms with van der Waals surface area (Å²) in [6.07, 6.45) is 0.0152. The van der Waals surface area contributed by atoms with Crippen molar-refractivity contribution in [3.05, 3.63) is 63.6 Å². The number of aliphatic hydroxyl groups is 1. The first-order valence-corrected chi connectivity index (χ1v) is 9.52. The number of carboxylic acid groups (broad SMARTS) is 1. The van der Waals surface area contributed by atoms with Gasteiger partial charge in [0.25, 0.3) is 0 Å². The number of halogens is 2. The highest BCUT2D eigenvalue weighted by molar-refractivity contribution is 7.98. The highest BCUT2D eigenvalue weighted by Gasteiger charge is 2.26. The molecule has 0 aliphatic carbocycles. The van der Waals surface area contributed by atoms with E-state index in [9.17, 15) is 15.0 Å². The topological polar surface area (TPSA) is 60.8 Å². The molecule has 0 spiro atoms. The summed E-state index contributed by atoms with van der Waals surface area (Å²) in [5.74, 6) is -0.479. The third kappa shape index (κ3) is 5.05. The maximum atomic E-state index is 11.2. The van der Waals surface area contributed by atoms with Gasteiger partial charge in [0.05, 0.1) is 16.1 Å². The molecule has 2 atom stereocenters. The molecule has 2 aromatic carbocycles. The maximum absolute atomic E-state index is 11.2. The molecule has 0 saturated carbocycles. The number of thioether (sulfide) groups is 1. The summed E-state index contributed by atoms with van der Waals surface area (Å²) >= 11 is 13.7. The Hall–Kier alpha value is -1.40. The van der Waals surface area contributed by atoms with E-state index < -0.39 is 18.1 Å². The Labute approximate surface area is 161 Å². The molecule has 0 radical (unpaired) electrons. The lowest BCUT2D eigenvalue weighted by atomic mass is 9.88. The summed E-state index contributed by atoms with van der Waals surface area (Å²) in [5, 5.41) is 20.9. The Morgan fingerprint density at radius 2 is 1.88 bits per heavy atom. The fourth-order valence-electron chi connectivity index (χ4n) is 2.56. The SMILES string of the molecule is CSc1cccc([C@H](O)[C@@H](CN(C)C(=O)O)c2ccc(Cl)c(Cl)c2)c1. The van der Waals surface area contributed by atoms with Gasteiger partial charge in [-0.15, -0.1) is 11.8 Å². The minimum atomic E-state index is -1.06. The van der Waals surface area contributed by atoms with Crippen LogP contribution in [0.1, 0.15) is 23.1 Å². The smallest absolute Gasteiger partial charge is 0.407 e. The number of nitrogens with zero attached hydrogens (tertiary/aromatic N) is 1. The zero-order valence-electron chi connectivity index (χ0n) is 13.8. The van der Waals surface area contributed by atoms with Crippen molar-refractivity contribution in [3.63, 3.8) is 0 Å². The molecule has 0 heterocycles. The second kappa shape index (κ2) is 8.81. The summed E-state index contributed by atoms with van der Waals surface area (Å²) in [7, 11) is 1.47. The van der Waals surface area contributed by atoms with Crippen LogP contribution in [0.4, 0.5) is 4.79 Å². The molecule has 0 fully saturated rings. The van der Waals surface area contributed by atoms with Crippen molar-refractivity contribution in [2.45, 2.75) is 16.9 Å². The van der Waals surface area contributed by atoms with E-state index >= 15 is 0 Å². The van der Waals surface area contributed by atoms with Crippen LogP contribution in [-0.4, -0.2) is 41.1 Å². The zero-order valence-corrected chi connectivity index (χ0v) is 16.1. The quantitative estimate of drug-likeness (QED) is 0.659. The number of aliphatic hydroxyl groups excluding tert-OH is 1. The minimum Gasteiger partial charge on any atom is -0.465 e. The van der Waals surface area contributed by atoms with Crippen LogP contribution in [0.3, 0.4) is 0 Å². The van der Waals surface area contributed by atoms with Gasteiger partial charge in [0, 0.05) is 24.4 Å². The van der Waals surface area contributed by atoms with Crippen LogP contribution in [0.2, 0.25) is 10.0 Å². The van der Waals surface area contributed by atoms with Crippen molar-refractivity contribution >= 4 is 41.1 Å². The molecule has 0 bridgehead atoms. The molecule has 7 heteroatoms. The number of amides is 1. The van der Waals surface area contributed by atoms with Crippen LogP contribution in [0.15, 0.2) is 47.4 Å². The molecule has 0 aliphatic heterocycles. The average Bonchev–Trinajstić information content (AvgIpc) is 2.61. The molecular weight excluding hydrogens is 381 g/mol. The van der Waals surface area contributed by atoms with Crippen molar-refractivity contribution < 1.29 is 15.0 Å². The summed E-state index contributed by atoms with van der Waals surface area (Å²) in [5.41, 5.74) is 1.45. The third-order valence-electron chi connectivity index (χ3n) is 3.99. The zero-order chi connectivity index (χ0) is 18.6. The predicted molar refractivity (Wildman–Crippen MR) is 103 cm³/mol. The Bertz CT molecular complexity index is 757. The van der Waals surface area contributed by atoms with Gasteiger partial charge in [-0.25, -0.2) is 4.79 Å². The van der Waals surface area contributed by atoms with Gasteiger partial charge >= 0.3 is 6.09 Å². The monoisotopic (exact) mass is 399 g/mol. The maximum Gasteiger partial charge on any atom is 0.407 e. The van der Waals surface area contributed by atoms with Gasteiger partial charge in [-0.1, -0.05) is 41.4 Å². The highest BCUT2D eigenvalue weighted by Crippen LogP contribution is 2.35. The number of carbonyl (C=O) groups is 1. The fraction of sp³-hybridized carbons (Fsp3) is 0.278. The average molecular weight is 400 g/mol. The number of hydrogen-bond acceptors (Lipinski definition) is 3. The molecular formula is C18H19Cl2NO3S. The van der Waals surface area contributed by atoms with Gasteiger partial charge in [-0.3, -0.25) is 0 Å². The standard InChI is InChI=1S/C18H19Cl2NO3S/c1-21(18(23)24)10-14(11-6-7-15(19)16(20)9-11)17(22)12-4-3-5-13(8-12)25-2/h3-9,14,17,22H,10H2,1-2H3,(H,23,24)/t14-,17-/m0/s1. The van der Waals surface area contributed by atoms with Gasteiger partial charge in [-0.2, -0.15) is 0 Å². The lowest BCUT2D eigenvalue weighted by Crippen LogP contribution is -2.32. The summed E-state index contributed by atoms with van der Waals surface area (Å²) in [4.78, 5) is 13.4. The summed E-state index contributed by atoms with van der Waals surface area (Å²) < 4.78 is 0. The van der Waals surface area contributed by atoms with Gasteiger partial charge in [0.15, 0.2) is 0 Å². The third-order valence-corrected chi connectivity index (χ3v) is 5.45. The van der Waals surface area contributed by atoms with Crippen molar-refractivity contribution in [1.29, 1.82) is 0 Å². The number of hydrogen-bond donors (Lipinski definition) is 2. The van der Waals surface area contributed by atoms with Gasteiger partial charge in [-0.05, 0) is 41.6 Å². The lowest BCUT2D eigenvalue weighted by Gasteiger charge is -2.27. The van der Waals surface area contributed by atoms with E-state index in [0.717, 1.165) is 20.9 Å². The van der Waals surface area contributed by atoms with E-state index in [0.29, 0.717) is 10.0 Å². The molecule has 0 saturated heterocycles. The fourth-order valence-corrected chi connectivity index (χ4v) is 3.34. The van der Waals surface area contributed by atoms with Crippen LogP contribution < -0.4 is 0 Å². The van der Waals surface area contributed by atoms with Gasteiger partial charge in [0.1, 0.15) is 0 Å². The molecule has 0 aliphatic rings. The minimum absolute atomic E-state index is 0.123. The second-order valence-corrected chi connectivity index (χ2v) is 7.36. The molecule has 134 valence electrons.